The second-order valence-electron chi connectivity index (χ2n) is 6.63. The molecule has 0 aliphatic carbocycles. The number of aromatic nitrogens is 3. The van der Waals surface area contributed by atoms with Gasteiger partial charge in [-0.05, 0) is 47.3 Å². The molecule has 0 saturated carbocycles. The van der Waals surface area contributed by atoms with Crippen molar-refractivity contribution in [2.75, 3.05) is 12.3 Å². The van der Waals surface area contributed by atoms with Gasteiger partial charge in [0.1, 0.15) is 17.1 Å². The van der Waals surface area contributed by atoms with Crippen LogP contribution in [-0.2, 0) is 6.42 Å². The van der Waals surface area contributed by atoms with E-state index in [1.165, 1.54) is 0 Å². The zero-order valence-corrected chi connectivity index (χ0v) is 14.7. The van der Waals surface area contributed by atoms with Crippen LogP contribution in [0, 0.1) is 5.95 Å². The van der Waals surface area contributed by atoms with Crippen LogP contribution < -0.4 is 16.0 Å². The smallest absolute Gasteiger partial charge is 0.255 e. The first-order valence-electron chi connectivity index (χ1n) is 8.81. The van der Waals surface area contributed by atoms with Gasteiger partial charge in [0, 0.05) is 29.1 Å². The number of nitrogens with zero attached hydrogens (tertiary/aromatic N) is 2. The molecule has 3 N–H and O–H groups in total. The molecule has 0 bridgehead atoms. The molecule has 0 fully saturated rings. The zero-order chi connectivity index (χ0) is 19.3. The predicted octanol–water partition coefficient (Wildman–Crippen LogP) is 3.31. The van der Waals surface area contributed by atoms with Gasteiger partial charge >= 0.3 is 0 Å². The molecule has 5 rings (SSSR count). The number of nitrogens with two attached hydrogens (primary N) is 1. The Morgan fingerprint density at radius 3 is 2.75 bits per heavy atom. The largest absolute Gasteiger partial charge is 0.493 e. The van der Waals surface area contributed by atoms with Gasteiger partial charge in [0.25, 0.3) is 5.56 Å². The summed E-state index contributed by atoms with van der Waals surface area (Å²) in [5, 5.41) is 1.29. The fraction of sp³-hybridized carbons (Fsp3) is 0.0952. The molecule has 0 spiro atoms. The number of halogens is 1. The summed E-state index contributed by atoms with van der Waals surface area (Å²) in [6.45, 7) is 0.621. The van der Waals surface area contributed by atoms with E-state index in [9.17, 15) is 9.18 Å². The van der Waals surface area contributed by atoms with Gasteiger partial charge in [-0.3, -0.25) is 4.79 Å². The van der Waals surface area contributed by atoms with Crippen LogP contribution in [0.2, 0.25) is 0 Å². The maximum Gasteiger partial charge on any atom is 0.255 e. The molecule has 28 heavy (non-hydrogen) atoms. The van der Waals surface area contributed by atoms with Crippen LogP contribution in [0.1, 0.15) is 5.56 Å². The van der Waals surface area contributed by atoms with Crippen molar-refractivity contribution >= 4 is 16.6 Å². The number of ether oxygens (including phenoxy) is 1. The van der Waals surface area contributed by atoms with Crippen molar-refractivity contribution in [2.45, 2.75) is 6.42 Å². The number of anilines is 1. The van der Waals surface area contributed by atoms with Crippen molar-refractivity contribution in [1.82, 2.24) is 15.0 Å². The van der Waals surface area contributed by atoms with Gasteiger partial charge in [0.15, 0.2) is 5.82 Å². The summed E-state index contributed by atoms with van der Waals surface area (Å²) >= 11 is 0. The molecule has 0 atom stereocenters. The van der Waals surface area contributed by atoms with Crippen molar-refractivity contribution in [3.8, 4) is 28.3 Å². The first kappa shape index (κ1) is 16.4. The van der Waals surface area contributed by atoms with Crippen molar-refractivity contribution in [3.05, 3.63) is 70.5 Å². The van der Waals surface area contributed by atoms with E-state index in [1.807, 2.05) is 12.1 Å². The molecule has 1 aliphatic rings. The van der Waals surface area contributed by atoms with Crippen LogP contribution >= 0.6 is 0 Å². The van der Waals surface area contributed by atoms with Gasteiger partial charge in [-0.15, -0.1) is 0 Å². The Morgan fingerprint density at radius 1 is 1.04 bits per heavy atom. The molecule has 138 valence electrons. The highest BCUT2D eigenvalue weighted by atomic mass is 19.1. The van der Waals surface area contributed by atoms with E-state index in [4.69, 9.17) is 10.5 Å². The highest BCUT2D eigenvalue weighted by Crippen LogP contribution is 2.33. The normalized spacial score (nSPS) is 12.8. The number of hydrogen-bond acceptors (Lipinski definition) is 5. The Labute approximate surface area is 158 Å². The lowest BCUT2D eigenvalue weighted by Gasteiger charge is -2.10. The van der Waals surface area contributed by atoms with Gasteiger partial charge < -0.3 is 15.5 Å². The summed E-state index contributed by atoms with van der Waals surface area (Å²) in [7, 11) is 0. The van der Waals surface area contributed by atoms with Gasteiger partial charge in [0.05, 0.1) is 6.61 Å². The Morgan fingerprint density at radius 2 is 1.86 bits per heavy atom. The van der Waals surface area contributed by atoms with Crippen LogP contribution in [0.4, 0.5) is 10.2 Å². The minimum Gasteiger partial charge on any atom is -0.493 e. The second-order valence-corrected chi connectivity index (χ2v) is 6.63. The summed E-state index contributed by atoms with van der Waals surface area (Å²) in [5.74, 6) is 0.0832. The van der Waals surface area contributed by atoms with Gasteiger partial charge in [-0.25, -0.2) is 4.98 Å². The van der Waals surface area contributed by atoms with Crippen LogP contribution in [0.5, 0.6) is 5.75 Å². The molecule has 0 radical (unpaired) electrons. The van der Waals surface area contributed by atoms with E-state index < -0.39 is 5.95 Å². The fourth-order valence-corrected chi connectivity index (χ4v) is 3.50. The number of fused-ring (bicyclic) bond motifs is 2. The van der Waals surface area contributed by atoms with Crippen molar-refractivity contribution in [3.63, 3.8) is 0 Å². The first-order valence-corrected chi connectivity index (χ1v) is 8.81. The Balaban J connectivity index is 1.67. The maximum absolute atomic E-state index is 14.6. The van der Waals surface area contributed by atoms with E-state index in [-0.39, 0.29) is 17.1 Å². The minimum absolute atomic E-state index is 0.00469. The number of nitrogen functional groups attached to an aromatic ring is 1. The molecule has 0 amide bonds. The lowest BCUT2D eigenvalue weighted by molar-refractivity contribution is 0.357. The molecular formula is C21H15FN4O2. The number of H-pyrrole nitrogens is 1. The standard InChI is InChI=1S/C21H15FN4O2/c22-19-17(13-2-4-16-12(10-13)6-8-28-16)25-18(20(23)26-19)14-1-3-15-11(9-14)5-7-24-21(15)27/h1-5,7,9-10H,6,8H2,(H2,23,26)(H,24,27). The summed E-state index contributed by atoms with van der Waals surface area (Å²) in [6.07, 6.45) is 2.35. The second kappa shape index (κ2) is 6.16. The average molecular weight is 374 g/mol. The Kier molecular flexibility index (Phi) is 3.61. The average Bonchev–Trinajstić information content (AvgIpc) is 3.16. The third kappa shape index (κ3) is 2.60. The molecule has 3 heterocycles. The monoisotopic (exact) mass is 374 g/mol. The summed E-state index contributed by atoms with van der Waals surface area (Å²) in [5.41, 5.74) is 8.58. The highest BCUT2D eigenvalue weighted by molar-refractivity contribution is 5.87. The number of rotatable bonds is 2. The molecule has 0 saturated heterocycles. The lowest BCUT2D eigenvalue weighted by Crippen LogP contribution is -2.05. The zero-order valence-electron chi connectivity index (χ0n) is 14.7. The minimum atomic E-state index is -0.725. The molecule has 7 heteroatoms. The van der Waals surface area contributed by atoms with Crippen molar-refractivity contribution < 1.29 is 9.13 Å². The number of pyridine rings is 1. The quantitative estimate of drug-likeness (QED) is 0.561. The van der Waals surface area contributed by atoms with E-state index in [0.29, 0.717) is 28.8 Å². The lowest BCUT2D eigenvalue weighted by atomic mass is 10.0. The van der Waals surface area contributed by atoms with Crippen molar-refractivity contribution in [1.29, 1.82) is 0 Å². The SMILES string of the molecule is Nc1nc(F)c(-c2ccc3c(c2)CCO3)nc1-c1ccc2c(=O)[nH]ccc2c1. The first-order chi connectivity index (χ1) is 13.6. The van der Waals surface area contributed by atoms with E-state index in [1.54, 1.807) is 36.5 Å². The molecule has 1 aliphatic heterocycles. The summed E-state index contributed by atoms with van der Waals surface area (Å²) < 4.78 is 20.1. The topological polar surface area (TPSA) is 93.9 Å². The third-order valence-corrected chi connectivity index (χ3v) is 4.89. The molecule has 6 nitrogen and oxygen atoms in total. The predicted molar refractivity (Wildman–Crippen MR) is 105 cm³/mol. The Bertz CT molecular complexity index is 1300. The summed E-state index contributed by atoms with van der Waals surface area (Å²) in [4.78, 5) is 22.9. The van der Waals surface area contributed by atoms with Gasteiger partial charge in [-0.1, -0.05) is 6.07 Å². The van der Waals surface area contributed by atoms with Gasteiger partial charge in [0.2, 0.25) is 5.95 Å². The third-order valence-electron chi connectivity index (χ3n) is 4.89. The van der Waals surface area contributed by atoms with Crippen LogP contribution in [0.15, 0.2) is 53.5 Å². The van der Waals surface area contributed by atoms with Crippen LogP contribution in [-0.4, -0.2) is 21.6 Å². The molecule has 2 aromatic heterocycles. The fourth-order valence-electron chi connectivity index (χ4n) is 3.50. The number of aromatic amines is 1. The highest BCUT2D eigenvalue weighted by Gasteiger charge is 2.18. The number of benzene rings is 2. The molecular weight excluding hydrogens is 359 g/mol. The number of hydrogen-bond donors (Lipinski definition) is 2. The molecule has 0 unspecified atom stereocenters. The van der Waals surface area contributed by atoms with Crippen LogP contribution in [0.25, 0.3) is 33.3 Å². The maximum atomic E-state index is 14.6. The van der Waals surface area contributed by atoms with E-state index >= 15 is 0 Å². The van der Waals surface area contributed by atoms with Crippen LogP contribution in [0.3, 0.4) is 0 Å². The van der Waals surface area contributed by atoms with E-state index in [0.717, 1.165) is 23.1 Å². The summed E-state index contributed by atoms with van der Waals surface area (Å²) in [6, 6.07) is 12.5. The molecule has 4 aromatic rings. The Hall–Kier alpha value is -3.74. The number of nitrogens with one attached hydrogen (secondary N) is 1. The van der Waals surface area contributed by atoms with Gasteiger partial charge in [-0.2, -0.15) is 9.37 Å². The molecule has 2 aromatic carbocycles. The van der Waals surface area contributed by atoms with Crippen molar-refractivity contribution in [2.24, 2.45) is 0 Å². The van der Waals surface area contributed by atoms with E-state index in [2.05, 4.69) is 15.0 Å².